The Morgan fingerprint density at radius 1 is 1.09 bits per heavy atom. The van der Waals surface area contributed by atoms with Gasteiger partial charge in [-0.05, 0) is 38.3 Å². The van der Waals surface area contributed by atoms with Crippen molar-refractivity contribution in [3.8, 4) is 0 Å². The van der Waals surface area contributed by atoms with Crippen LogP contribution in [0.5, 0.6) is 0 Å². The maximum atomic E-state index is 5.85. The molecular weight excluding hydrogens is 183 g/mol. The molecule has 3 rings (SSSR count). The largest absolute Gasteiger partial charge is 0.316 e. The van der Waals surface area contributed by atoms with Crippen LogP contribution in [0.4, 0.5) is 0 Å². The van der Waals surface area contributed by atoms with E-state index in [-0.39, 0.29) is 24.8 Å². The van der Waals surface area contributed by atoms with Crippen molar-refractivity contribution < 1.29 is 0 Å². The summed E-state index contributed by atoms with van der Waals surface area (Å²) in [5.74, 6) is 0.963. The lowest BCUT2D eigenvalue weighted by Crippen LogP contribution is -2.52. The molecule has 0 aromatic heterocycles. The second-order valence-corrected chi connectivity index (χ2v) is 3.28. The summed E-state index contributed by atoms with van der Waals surface area (Å²) in [6, 6.07) is 0. The maximum Gasteiger partial charge on any atom is 0.0574 e. The Morgan fingerprint density at radius 3 is 1.82 bits per heavy atom. The summed E-state index contributed by atoms with van der Waals surface area (Å²) in [5, 5.41) is 0. The second kappa shape index (κ2) is 4.51. The normalized spacial score (nSPS) is 40.6. The maximum absolute atomic E-state index is 5.85. The highest BCUT2D eigenvalue weighted by Crippen LogP contribution is 2.29. The summed E-state index contributed by atoms with van der Waals surface area (Å²) < 4.78 is 0. The zero-order valence-corrected chi connectivity index (χ0v) is 8.16. The summed E-state index contributed by atoms with van der Waals surface area (Å²) in [4.78, 5) is 2.40. The molecule has 2 nitrogen and oxygen atoms in total. The average Bonchev–Trinajstić information content (AvgIpc) is 1.90. The van der Waals surface area contributed by atoms with Crippen molar-refractivity contribution in [2.75, 3.05) is 13.1 Å². The van der Waals surface area contributed by atoms with Crippen LogP contribution in [0.25, 0.3) is 0 Å². The van der Waals surface area contributed by atoms with Crippen molar-refractivity contribution >= 4 is 24.8 Å². The van der Waals surface area contributed by atoms with E-state index >= 15 is 0 Å². The Labute approximate surface area is 80.3 Å². The molecule has 0 aromatic carbocycles. The lowest BCUT2D eigenvalue weighted by Gasteiger charge is -2.43. The van der Waals surface area contributed by atoms with Crippen molar-refractivity contribution in [3.63, 3.8) is 0 Å². The standard InChI is InChI=1S/C7H14N2.2ClH/c8-7-5-6-1-3-9(7)4-2-6;;/h6-7H,1-5,8H2;2*1H/t7-;;/m1../s1. The van der Waals surface area contributed by atoms with E-state index in [4.69, 9.17) is 5.73 Å². The summed E-state index contributed by atoms with van der Waals surface area (Å²) in [7, 11) is 0. The number of nitrogens with zero attached hydrogens (tertiary/aromatic N) is 1. The molecule has 2 bridgehead atoms. The van der Waals surface area contributed by atoms with E-state index in [1.165, 1.54) is 32.4 Å². The van der Waals surface area contributed by atoms with Gasteiger partial charge in [-0.1, -0.05) is 0 Å². The summed E-state index contributed by atoms with van der Waals surface area (Å²) in [6.45, 7) is 2.51. The molecule has 68 valence electrons. The molecule has 3 saturated heterocycles. The predicted molar refractivity (Wildman–Crippen MR) is 51.4 cm³/mol. The fourth-order valence-electron chi connectivity index (χ4n) is 2.01. The Hall–Kier alpha value is 0.500. The molecule has 3 aliphatic heterocycles. The monoisotopic (exact) mass is 198 g/mol. The zero-order valence-electron chi connectivity index (χ0n) is 6.53. The smallest absolute Gasteiger partial charge is 0.0574 e. The van der Waals surface area contributed by atoms with Crippen LogP contribution in [0.2, 0.25) is 0 Å². The Balaban J connectivity index is 0.000000500. The van der Waals surface area contributed by atoms with Gasteiger partial charge in [-0.25, -0.2) is 0 Å². The van der Waals surface area contributed by atoms with Crippen molar-refractivity contribution in [1.82, 2.24) is 4.90 Å². The van der Waals surface area contributed by atoms with Gasteiger partial charge in [0.2, 0.25) is 0 Å². The van der Waals surface area contributed by atoms with Gasteiger partial charge in [0.25, 0.3) is 0 Å². The minimum atomic E-state index is 0. The number of hydrogen-bond donors (Lipinski definition) is 1. The molecule has 0 amide bonds. The van der Waals surface area contributed by atoms with Gasteiger partial charge in [0.1, 0.15) is 0 Å². The predicted octanol–water partition coefficient (Wildman–Crippen LogP) is 1.23. The van der Waals surface area contributed by atoms with E-state index < -0.39 is 0 Å². The molecule has 11 heavy (non-hydrogen) atoms. The molecule has 0 aromatic rings. The molecular formula is C7H16Cl2N2. The van der Waals surface area contributed by atoms with Crippen molar-refractivity contribution in [2.45, 2.75) is 25.4 Å². The zero-order chi connectivity index (χ0) is 6.27. The van der Waals surface area contributed by atoms with Crippen LogP contribution in [0.1, 0.15) is 19.3 Å². The van der Waals surface area contributed by atoms with E-state index in [0.29, 0.717) is 6.17 Å². The minimum Gasteiger partial charge on any atom is -0.316 e. The van der Waals surface area contributed by atoms with Crippen LogP contribution in [0.3, 0.4) is 0 Å². The van der Waals surface area contributed by atoms with E-state index in [9.17, 15) is 0 Å². The molecule has 0 radical (unpaired) electrons. The molecule has 2 N–H and O–H groups in total. The number of nitrogens with two attached hydrogens (primary N) is 1. The number of rotatable bonds is 0. The molecule has 3 aliphatic rings. The summed E-state index contributed by atoms with van der Waals surface area (Å²) in [5.41, 5.74) is 5.85. The third-order valence-electron chi connectivity index (χ3n) is 2.69. The van der Waals surface area contributed by atoms with Gasteiger partial charge < -0.3 is 5.73 Å². The lowest BCUT2D eigenvalue weighted by atomic mass is 9.87. The van der Waals surface area contributed by atoms with Crippen LogP contribution in [0, 0.1) is 5.92 Å². The highest BCUT2D eigenvalue weighted by molar-refractivity contribution is 5.85. The van der Waals surface area contributed by atoms with Crippen LogP contribution < -0.4 is 5.73 Å². The molecule has 0 aliphatic carbocycles. The van der Waals surface area contributed by atoms with Gasteiger partial charge >= 0.3 is 0 Å². The number of fused-ring (bicyclic) bond motifs is 3. The first kappa shape index (κ1) is 11.5. The van der Waals surface area contributed by atoms with E-state index in [1.54, 1.807) is 0 Å². The summed E-state index contributed by atoms with van der Waals surface area (Å²) >= 11 is 0. The van der Waals surface area contributed by atoms with Gasteiger partial charge in [0, 0.05) is 0 Å². The lowest BCUT2D eigenvalue weighted by molar-refractivity contribution is 0.0531. The van der Waals surface area contributed by atoms with E-state index in [2.05, 4.69) is 4.90 Å². The van der Waals surface area contributed by atoms with Crippen LogP contribution in [0.15, 0.2) is 0 Å². The average molecular weight is 199 g/mol. The second-order valence-electron chi connectivity index (χ2n) is 3.28. The third kappa shape index (κ3) is 2.22. The van der Waals surface area contributed by atoms with Crippen molar-refractivity contribution in [2.24, 2.45) is 11.7 Å². The topological polar surface area (TPSA) is 29.3 Å². The number of halogens is 2. The van der Waals surface area contributed by atoms with Crippen molar-refractivity contribution in [1.29, 1.82) is 0 Å². The Kier molecular flexibility index (Phi) is 4.71. The van der Waals surface area contributed by atoms with Crippen molar-refractivity contribution in [3.05, 3.63) is 0 Å². The van der Waals surface area contributed by atoms with Gasteiger partial charge in [0.15, 0.2) is 0 Å². The highest BCUT2D eigenvalue weighted by atomic mass is 35.5. The quantitative estimate of drug-likeness (QED) is 0.635. The molecule has 0 unspecified atom stereocenters. The van der Waals surface area contributed by atoms with Gasteiger partial charge in [0.05, 0.1) is 6.17 Å². The highest BCUT2D eigenvalue weighted by Gasteiger charge is 2.30. The molecule has 1 atom stereocenters. The van der Waals surface area contributed by atoms with Gasteiger partial charge in [-0.2, -0.15) is 0 Å². The third-order valence-corrected chi connectivity index (χ3v) is 2.69. The van der Waals surface area contributed by atoms with Crippen LogP contribution >= 0.6 is 24.8 Å². The molecule has 0 saturated carbocycles. The van der Waals surface area contributed by atoms with E-state index in [1.807, 2.05) is 0 Å². The molecule has 4 heteroatoms. The minimum absolute atomic E-state index is 0. The van der Waals surface area contributed by atoms with Crippen LogP contribution in [-0.2, 0) is 0 Å². The van der Waals surface area contributed by atoms with Gasteiger partial charge in [-0.3, -0.25) is 4.90 Å². The molecule has 0 spiro atoms. The first-order chi connectivity index (χ1) is 4.36. The Bertz CT molecular complexity index is 113. The fraction of sp³-hybridized carbons (Fsp3) is 1.00. The molecule has 3 fully saturated rings. The number of hydrogen-bond acceptors (Lipinski definition) is 2. The fourth-order valence-corrected chi connectivity index (χ4v) is 2.01. The molecule has 3 heterocycles. The SMILES string of the molecule is Cl.Cl.N[C@H]1CC2CCN1CC2. The van der Waals surface area contributed by atoms with Crippen LogP contribution in [-0.4, -0.2) is 24.2 Å². The Morgan fingerprint density at radius 2 is 1.64 bits per heavy atom. The first-order valence-electron chi connectivity index (χ1n) is 3.86. The van der Waals surface area contributed by atoms with Gasteiger partial charge in [-0.15, -0.1) is 24.8 Å². The summed E-state index contributed by atoms with van der Waals surface area (Å²) in [6.07, 6.45) is 4.44. The number of piperidine rings is 3. The van der Waals surface area contributed by atoms with E-state index in [0.717, 1.165) is 5.92 Å². The first-order valence-corrected chi connectivity index (χ1v) is 3.86.